The first-order valence-corrected chi connectivity index (χ1v) is 7.84. The van der Waals surface area contributed by atoms with Gasteiger partial charge in [0.25, 0.3) is 0 Å². The van der Waals surface area contributed by atoms with Gasteiger partial charge in [-0.1, -0.05) is 13.8 Å². The quantitative estimate of drug-likeness (QED) is 0.436. The van der Waals surface area contributed by atoms with Crippen molar-refractivity contribution in [3.63, 3.8) is 0 Å². The fourth-order valence-corrected chi connectivity index (χ4v) is 2.87. The lowest BCUT2D eigenvalue weighted by molar-refractivity contribution is -0.137. The van der Waals surface area contributed by atoms with Crippen LogP contribution in [0.5, 0.6) is 0 Å². The van der Waals surface area contributed by atoms with Crippen molar-refractivity contribution in [2.24, 2.45) is 34.5 Å². The van der Waals surface area contributed by atoms with E-state index < -0.39 is 29.2 Å². The molecule has 0 aliphatic heterocycles. The number of carbonyl (C=O) groups excluding carboxylic acids is 3. The van der Waals surface area contributed by atoms with Gasteiger partial charge in [-0.25, -0.2) is 0 Å². The second kappa shape index (κ2) is 7.58. The zero-order valence-corrected chi connectivity index (χ0v) is 13.4. The molecule has 0 radical (unpaired) electrons. The number of hydrogen-bond donors (Lipinski definition) is 4. The molecule has 0 aromatic rings. The first-order valence-electron chi connectivity index (χ1n) is 7.84. The molecule has 1 saturated carbocycles. The van der Waals surface area contributed by atoms with Crippen molar-refractivity contribution in [3.05, 3.63) is 0 Å². The molecule has 7 nitrogen and oxygen atoms in total. The molecular weight excluding hydrogens is 284 g/mol. The van der Waals surface area contributed by atoms with Crippen LogP contribution in [0.25, 0.3) is 0 Å². The van der Waals surface area contributed by atoms with Crippen molar-refractivity contribution in [3.8, 4) is 0 Å². The fraction of sp³-hybridized carbons (Fsp3) is 0.800. The van der Waals surface area contributed by atoms with E-state index in [2.05, 4.69) is 5.32 Å². The maximum atomic E-state index is 12.6. The van der Waals surface area contributed by atoms with Crippen LogP contribution in [0.1, 0.15) is 46.0 Å². The van der Waals surface area contributed by atoms with Crippen molar-refractivity contribution >= 4 is 17.7 Å². The van der Waals surface area contributed by atoms with Gasteiger partial charge in [0, 0.05) is 0 Å². The maximum Gasteiger partial charge on any atom is 0.240 e. The normalized spacial score (nSPS) is 18.5. The average molecular weight is 312 g/mol. The van der Waals surface area contributed by atoms with E-state index in [-0.39, 0.29) is 11.8 Å². The Labute approximate surface area is 131 Å². The van der Waals surface area contributed by atoms with Crippen LogP contribution >= 0.6 is 0 Å². The molecule has 1 aliphatic carbocycles. The highest BCUT2D eigenvalue weighted by Crippen LogP contribution is 2.53. The third kappa shape index (κ3) is 4.43. The highest BCUT2D eigenvalue weighted by Gasteiger charge is 2.56. The van der Waals surface area contributed by atoms with Gasteiger partial charge in [0.15, 0.2) is 0 Å². The summed E-state index contributed by atoms with van der Waals surface area (Å²) >= 11 is 0. The fourth-order valence-electron chi connectivity index (χ4n) is 2.87. The molecule has 22 heavy (non-hydrogen) atoms. The van der Waals surface area contributed by atoms with Gasteiger partial charge in [-0.2, -0.15) is 0 Å². The summed E-state index contributed by atoms with van der Waals surface area (Å²) in [5, 5.41) is 2.70. The second-order valence-electron chi connectivity index (χ2n) is 6.60. The minimum Gasteiger partial charge on any atom is -0.369 e. The van der Waals surface area contributed by atoms with E-state index in [1.165, 1.54) is 0 Å². The van der Waals surface area contributed by atoms with E-state index >= 15 is 0 Å². The molecule has 0 bridgehead atoms. The van der Waals surface area contributed by atoms with Crippen molar-refractivity contribution < 1.29 is 14.4 Å². The topological polar surface area (TPSA) is 141 Å². The highest BCUT2D eigenvalue weighted by molar-refractivity contribution is 5.94. The Morgan fingerprint density at radius 2 is 1.77 bits per heavy atom. The smallest absolute Gasteiger partial charge is 0.240 e. The molecular formula is C15H28N4O3. The number of nitrogens with two attached hydrogens (primary N) is 3. The summed E-state index contributed by atoms with van der Waals surface area (Å²) in [4.78, 5) is 35.8. The number of primary amides is 2. The third-order valence-corrected chi connectivity index (χ3v) is 4.33. The Bertz CT molecular complexity index is 433. The number of amides is 3. The summed E-state index contributed by atoms with van der Waals surface area (Å²) in [6, 6.07) is -0.725. The number of hydrogen-bond acceptors (Lipinski definition) is 4. The van der Waals surface area contributed by atoms with Gasteiger partial charge in [0.1, 0.15) is 6.04 Å². The monoisotopic (exact) mass is 312 g/mol. The molecule has 0 aromatic heterocycles. The third-order valence-electron chi connectivity index (χ3n) is 4.33. The first kappa shape index (κ1) is 18.4. The van der Waals surface area contributed by atoms with Crippen molar-refractivity contribution in [2.45, 2.75) is 52.0 Å². The van der Waals surface area contributed by atoms with Gasteiger partial charge >= 0.3 is 0 Å². The lowest BCUT2D eigenvalue weighted by Crippen LogP contribution is -2.50. The Hall–Kier alpha value is -1.63. The Kier molecular flexibility index (Phi) is 6.34. The Morgan fingerprint density at radius 1 is 1.18 bits per heavy atom. The molecule has 1 aliphatic rings. The molecule has 7 N–H and O–H groups in total. The molecule has 1 fully saturated rings. The summed E-state index contributed by atoms with van der Waals surface area (Å²) < 4.78 is 0. The average Bonchev–Trinajstić information content (AvgIpc) is 3.19. The van der Waals surface area contributed by atoms with Crippen LogP contribution in [0.4, 0.5) is 0 Å². The minimum atomic E-state index is -0.778. The van der Waals surface area contributed by atoms with Gasteiger partial charge in [0.2, 0.25) is 17.7 Å². The molecule has 0 aromatic carbocycles. The van der Waals surface area contributed by atoms with Crippen LogP contribution in [0.3, 0.4) is 0 Å². The van der Waals surface area contributed by atoms with Gasteiger partial charge in [-0.3, -0.25) is 14.4 Å². The maximum absolute atomic E-state index is 12.6. The molecule has 0 heterocycles. The van der Waals surface area contributed by atoms with Crippen LogP contribution in [0, 0.1) is 17.3 Å². The molecule has 2 atom stereocenters. The van der Waals surface area contributed by atoms with Gasteiger partial charge in [-0.05, 0) is 44.6 Å². The summed E-state index contributed by atoms with van der Waals surface area (Å²) in [7, 11) is 0. The van der Waals surface area contributed by atoms with Gasteiger partial charge in [-0.15, -0.1) is 0 Å². The summed E-state index contributed by atoms with van der Waals surface area (Å²) in [5.74, 6) is -1.67. The van der Waals surface area contributed by atoms with Crippen molar-refractivity contribution in [1.29, 1.82) is 0 Å². The van der Waals surface area contributed by atoms with E-state index in [1.807, 2.05) is 13.8 Å². The molecule has 0 saturated heterocycles. The predicted molar refractivity (Wildman–Crippen MR) is 83.2 cm³/mol. The van der Waals surface area contributed by atoms with E-state index in [0.29, 0.717) is 38.6 Å². The van der Waals surface area contributed by atoms with E-state index in [9.17, 15) is 14.4 Å². The standard InChI is InChI=1S/C15H28N4O3/c1-9(2)8-11(12(17)20)19-13(21)10(4-3-7-16)15(5-6-15)14(18)22/h9-11H,3-8,16H2,1-2H3,(H2,17,20)(H2,18,22)(H,19,21)/t10-,11+/m1/s1. The summed E-state index contributed by atoms with van der Waals surface area (Å²) in [5.41, 5.74) is 15.6. The second-order valence-corrected chi connectivity index (χ2v) is 6.60. The Balaban J connectivity index is 2.83. The lowest BCUT2D eigenvalue weighted by Gasteiger charge is -2.26. The molecule has 0 unspecified atom stereocenters. The first-order chi connectivity index (χ1) is 10.2. The molecule has 3 amide bonds. The minimum absolute atomic E-state index is 0.214. The predicted octanol–water partition coefficient (Wildman–Crippen LogP) is -0.377. The van der Waals surface area contributed by atoms with Crippen molar-refractivity contribution in [1.82, 2.24) is 5.32 Å². The number of nitrogens with one attached hydrogen (secondary N) is 1. The largest absolute Gasteiger partial charge is 0.369 e. The highest BCUT2D eigenvalue weighted by atomic mass is 16.2. The zero-order chi connectivity index (χ0) is 16.9. The van der Waals surface area contributed by atoms with Crippen LogP contribution in [0.2, 0.25) is 0 Å². The van der Waals surface area contributed by atoms with Crippen LogP contribution in [-0.4, -0.2) is 30.3 Å². The number of carbonyl (C=O) groups is 3. The van der Waals surface area contributed by atoms with Crippen LogP contribution < -0.4 is 22.5 Å². The van der Waals surface area contributed by atoms with E-state index in [0.717, 1.165) is 0 Å². The van der Waals surface area contributed by atoms with Gasteiger partial charge < -0.3 is 22.5 Å². The van der Waals surface area contributed by atoms with Crippen LogP contribution in [-0.2, 0) is 14.4 Å². The zero-order valence-electron chi connectivity index (χ0n) is 13.4. The van der Waals surface area contributed by atoms with Gasteiger partial charge in [0.05, 0.1) is 11.3 Å². The molecule has 0 spiro atoms. The van der Waals surface area contributed by atoms with E-state index in [1.54, 1.807) is 0 Å². The van der Waals surface area contributed by atoms with E-state index in [4.69, 9.17) is 17.2 Å². The SMILES string of the molecule is CC(C)C[C@H](NC(=O)[C@@H](CCCN)C1(C(N)=O)CC1)C(N)=O. The lowest BCUT2D eigenvalue weighted by atomic mass is 9.83. The van der Waals surface area contributed by atoms with Crippen LogP contribution in [0.15, 0.2) is 0 Å². The van der Waals surface area contributed by atoms with Crippen molar-refractivity contribution in [2.75, 3.05) is 6.54 Å². The molecule has 1 rings (SSSR count). The molecule has 126 valence electrons. The summed E-state index contributed by atoms with van der Waals surface area (Å²) in [6.45, 7) is 4.32. The Morgan fingerprint density at radius 3 is 2.14 bits per heavy atom. The molecule has 7 heteroatoms. The number of rotatable bonds is 10. The summed E-state index contributed by atoms with van der Waals surface area (Å²) in [6.07, 6.45) is 2.79.